The molecule has 3 heteroatoms. The van der Waals surface area contributed by atoms with E-state index in [0.29, 0.717) is 0 Å². The number of hydrogen-bond donors (Lipinski definition) is 1. The second-order valence-corrected chi connectivity index (χ2v) is 6.56. The van der Waals surface area contributed by atoms with Gasteiger partial charge in [0.15, 0.2) is 0 Å². The summed E-state index contributed by atoms with van der Waals surface area (Å²) in [5, 5.41) is 4.24. The van der Waals surface area contributed by atoms with Gasteiger partial charge in [0.2, 0.25) is 0 Å². The first-order valence-corrected chi connectivity index (χ1v) is 7.80. The van der Waals surface area contributed by atoms with Gasteiger partial charge in [-0.2, -0.15) is 0 Å². The number of halogens is 2. The summed E-state index contributed by atoms with van der Waals surface area (Å²) in [7, 11) is 1.99. The van der Waals surface area contributed by atoms with Gasteiger partial charge >= 0.3 is 0 Å². The van der Waals surface area contributed by atoms with Crippen LogP contribution in [-0.4, -0.2) is 7.05 Å². The molecule has 0 saturated carbocycles. The highest BCUT2D eigenvalue weighted by molar-refractivity contribution is 9.10. The second kappa shape index (κ2) is 6.30. The molecule has 2 aromatic rings. The van der Waals surface area contributed by atoms with Crippen LogP contribution in [0.4, 0.5) is 0 Å². The Labute approximate surface area is 134 Å². The van der Waals surface area contributed by atoms with Crippen LogP contribution in [0.15, 0.2) is 34.8 Å². The van der Waals surface area contributed by atoms with Gasteiger partial charge in [0.1, 0.15) is 0 Å². The Balaban J connectivity index is 2.55. The van der Waals surface area contributed by atoms with E-state index in [-0.39, 0.29) is 6.04 Å². The molecule has 0 aliphatic heterocycles. The predicted octanol–water partition coefficient (Wildman–Crippen LogP) is 5.34. The minimum absolute atomic E-state index is 0.169. The van der Waals surface area contributed by atoms with E-state index < -0.39 is 0 Å². The van der Waals surface area contributed by atoms with Crippen LogP contribution in [0.3, 0.4) is 0 Å². The quantitative estimate of drug-likeness (QED) is 0.786. The minimum atomic E-state index is 0.169. The maximum Gasteiger partial charge on any atom is 0.0577 e. The topological polar surface area (TPSA) is 12.0 Å². The highest BCUT2D eigenvalue weighted by Gasteiger charge is 2.16. The molecule has 0 radical (unpaired) electrons. The number of hydrogen-bond acceptors (Lipinski definition) is 1. The zero-order chi connectivity index (χ0) is 14.9. The number of rotatable bonds is 3. The van der Waals surface area contributed by atoms with Crippen LogP contribution in [0.1, 0.15) is 33.9 Å². The smallest absolute Gasteiger partial charge is 0.0577 e. The van der Waals surface area contributed by atoms with Crippen molar-refractivity contribution in [2.45, 2.75) is 26.8 Å². The lowest BCUT2D eigenvalue weighted by molar-refractivity contribution is 0.686. The average Bonchev–Trinajstić information content (AvgIpc) is 2.35. The molecule has 2 rings (SSSR count). The van der Waals surface area contributed by atoms with Gasteiger partial charge in [-0.05, 0) is 73.8 Å². The molecule has 2 aromatic carbocycles. The largest absolute Gasteiger partial charge is 0.309 e. The minimum Gasteiger partial charge on any atom is -0.309 e. The van der Waals surface area contributed by atoms with E-state index in [1.807, 2.05) is 20.0 Å². The highest BCUT2D eigenvalue weighted by atomic mass is 79.9. The Morgan fingerprint density at radius 2 is 1.70 bits per heavy atom. The average molecular weight is 353 g/mol. The molecule has 0 bridgehead atoms. The van der Waals surface area contributed by atoms with Gasteiger partial charge in [0, 0.05) is 9.50 Å². The van der Waals surface area contributed by atoms with Gasteiger partial charge < -0.3 is 5.32 Å². The van der Waals surface area contributed by atoms with Crippen molar-refractivity contribution in [2.24, 2.45) is 0 Å². The van der Waals surface area contributed by atoms with E-state index in [9.17, 15) is 0 Å². The van der Waals surface area contributed by atoms with Crippen molar-refractivity contribution in [1.82, 2.24) is 5.32 Å². The number of aryl methyl sites for hydroxylation is 3. The monoisotopic (exact) mass is 351 g/mol. The summed E-state index contributed by atoms with van der Waals surface area (Å²) in [6, 6.07) is 10.9. The summed E-state index contributed by atoms with van der Waals surface area (Å²) >= 11 is 9.78. The Morgan fingerprint density at radius 1 is 1.00 bits per heavy atom. The third-order valence-electron chi connectivity index (χ3n) is 3.54. The van der Waals surface area contributed by atoms with Crippen LogP contribution in [0.25, 0.3) is 0 Å². The van der Waals surface area contributed by atoms with Crippen LogP contribution in [0.2, 0.25) is 5.02 Å². The molecule has 0 saturated heterocycles. The molecular formula is C17H19BrClN. The van der Waals surface area contributed by atoms with Gasteiger partial charge in [-0.3, -0.25) is 0 Å². The van der Waals surface area contributed by atoms with Crippen LogP contribution in [0.5, 0.6) is 0 Å². The van der Waals surface area contributed by atoms with E-state index in [1.54, 1.807) is 0 Å². The summed E-state index contributed by atoms with van der Waals surface area (Å²) in [6.07, 6.45) is 0. The fourth-order valence-corrected chi connectivity index (χ4v) is 3.39. The molecule has 106 valence electrons. The van der Waals surface area contributed by atoms with Crippen molar-refractivity contribution >= 4 is 27.5 Å². The standard InChI is InChI=1S/C17H19BrClN/c1-10-5-13(9-14(18)6-10)17(20-4)15-7-12(3)16(19)8-11(15)2/h5-9,17,20H,1-4H3. The van der Waals surface area contributed by atoms with Crippen molar-refractivity contribution in [3.05, 3.63) is 67.6 Å². The van der Waals surface area contributed by atoms with E-state index in [0.717, 1.165) is 15.1 Å². The van der Waals surface area contributed by atoms with Crippen molar-refractivity contribution < 1.29 is 0 Å². The Bertz CT molecular complexity index is 617. The van der Waals surface area contributed by atoms with Crippen molar-refractivity contribution in [2.75, 3.05) is 7.05 Å². The summed E-state index contributed by atoms with van der Waals surface area (Å²) < 4.78 is 1.11. The lowest BCUT2D eigenvalue weighted by Crippen LogP contribution is -2.19. The van der Waals surface area contributed by atoms with E-state index >= 15 is 0 Å². The highest BCUT2D eigenvalue weighted by Crippen LogP contribution is 2.30. The molecule has 0 amide bonds. The van der Waals surface area contributed by atoms with E-state index in [2.05, 4.69) is 59.4 Å². The summed E-state index contributed by atoms with van der Waals surface area (Å²) in [5.74, 6) is 0. The van der Waals surface area contributed by atoms with E-state index in [1.165, 1.54) is 22.3 Å². The molecule has 0 aliphatic carbocycles. The summed E-state index contributed by atoms with van der Waals surface area (Å²) in [6.45, 7) is 6.26. The fourth-order valence-electron chi connectivity index (χ4n) is 2.55. The molecule has 0 spiro atoms. The molecule has 1 nitrogen and oxygen atoms in total. The lowest BCUT2D eigenvalue weighted by atomic mass is 9.93. The first kappa shape index (κ1) is 15.6. The van der Waals surface area contributed by atoms with Gasteiger partial charge in [-0.1, -0.05) is 39.7 Å². The van der Waals surface area contributed by atoms with Crippen LogP contribution >= 0.6 is 27.5 Å². The number of nitrogens with one attached hydrogen (secondary N) is 1. The van der Waals surface area contributed by atoms with Gasteiger partial charge in [0.25, 0.3) is 0 Å². The summed E-state index contributed by atoms with van der Waals surface area (Å²) in [5.41, 5.74) is 6.09. The molecule has 20 heavy (non-hydrogen) atoms. The molecular weight excluding hydrogens is 334 g/mol. The normalized spacial score (nSPS) is 12.5. The van der Waals surface area contributed by atoms with Crippen molar-refractivity contribution in [3.8, 4) is 0 Å². The van der Waals surface area contributed by atoms with Crippen molar-refractivity contribution in [3.63, 3.8) is 0 Å². The fraction of sp³-hybridized carbons (Fsp3) is 0.294. The predicted molar refractivity (Wildman–Crippen MR) is 90.7 cm³/mol. The Hall–Kier alpha value is -0.830. The molecule has 0 aromatic heterocycles. The number of benzene rings is 2. The summed E-state index contributed by atoms with van der Waals surface area (Å²) in [4.78, 5) is 0. The Kier molecular flexibility index (Phi) is 4.90. The lowest BCUT2D eigenvalue weighted by Gasteiger charge is -2.21. The molecule has 1 unspecified atom stereocenters. The maximum atomic E-state index is 6.20. The van der Waals surface area contributed by atoms with Gasteiger partial charge in [-0.15, -0.1) is 0 Å². The third kappa shape index (κ3) is 3.25. The molecule has 0 fully saturated rings. The first-order chi connectivity index (χ1) is 9.42. The van der Waals surface area contributed by atoms with Gasteiger partial charge in [-0.25, -0.2) is 0 Å². The third-order valence-corrected chi connectivity index (χ3v) is 4.41. The molecule has 1 N–H and O–H groups in total. The SMILES string of the molecule is CNC(c1cc(C)cc(Br)c1)c1cc(C)c(Cl)cc1C. The first-order valence-electron chi connectivity index (χ1n) is 6.63. The zero-order valence-electron chi connectivity index (χ0n) is 12.2. The second-order valence-electron chi connectivity index (χ2n) is 5.24. The maximum absolute atomic E-state index is 6.20. The molecule has 1 atom stereocenters. The van der Waals surface area contributed by atoms with Crippen LogP contribution < -0.4 is 5.32 Å². The molecule has 0 heterocycles. The Morgan fingerprint density at radius 3 is 2.30 bits per heavy atom. The van der Waals surface area contributed by atoms with Crippen molar-refractivity contribution in [1.29, 1.82) is 0 Å². The zero-order valence-corrected chi connectivity index (χ0v) is 14.6. The van der Waals surface area contributed by atoms with Crippen LogP contribution in [0, 0.1) is 20.8 Å². The van der Waals surface area contributed by atoms with E-state index in [4.69, 9.17) is 11.6 Å². The van der Waals surface area contributed by atoms with Crippen LogP contribution in [-0.2, 0) is 0 Å². The van der Waals surface area contributed by atoms with Gasteiger partial charge in [0.05, 0.1) is 6.04 Å². The molecule has 0 aliphatic rings.